The minimum atomic E-state index is -1.28. The zero-order valence-corrected chi connectivity index (χ0v) is 38.1. The number of aliphatic carboxylic acids is 2. The second kappa shape index (κ2) is 27.1. The Morgan fingerprint density at radius 1 is 0.484 bits per heavy atom. The maximum absolute atomic E-state index is 14.4. The van der Waals surface area contributed by atoms with E-state index in [1.807, 2.05) is 6.07 Å². The summed E-state index contributed by atoms with van der Waals surface area (Å²) in [6.07, 6.45) is -1.12. The number of hydrogen-bond donors (Lipinski definition) is 2. The summed E-state index contributed by atoms with van der Waals surface area (Å²) in [5, 5.41) is 19.1. The van der Waals surface area contributed by atoms with E-state index in [1.165, 1.54) is 42.8 Å². The summed E-state index contributed by atoms with van der Waals surface area (Å²) in [6, 6.07) is 14.9. The van der Waals surface area contributed by atoms with Crippen LogP contribution < -0.4 is 0 Å². The van der Waals surface area contributed by atoms with Gasteiger partial charge in [-0.25, -0.2) is 0 Å². The Hall–Kier alpha value is -6.21. The van der Waals surface area contributed by atoms with E-state index in [-0.39, 0.29) is 25.5 Å². The summed E-state index contributed by atoms with van der Waals surface area (Å²) < 4.78 is 10.5. The fraction of sp³-hybridized carbons (Fsp3) is 0.533. The number of nitrogens with zero attached hydrogens (tertiary/aromatic N) is 6. The second-order valence-corrected chi connectivity index (χ2v) is 15.6. The first-order chi connectivity index (χ1) is 30.2. The molecule has 4 atom stereocenters. The molecule has 0 saturated heterocycles. The van der Waals surface area contributed by atoms with Crippen LogP contribution in [0.2, 0.25) is 0 Å². The van der Waals surface area contributed by atoms with Crippen molar-refractivity contribution in [2.24, 2.45) is 0 Å². The molecule has 6 amide bonds. The van der Waals surface area contributed by atoms with Crippen LogP contribution in [-0.4, -0.2) is 185 Å². The highest BCUT2D eigenvalue weighted by Gasteiger charge is 2.34. The third-order valence-corrected chi connectivity index (χ3v) is 10.6. The van der Waals surface area contributed by atoms with Crippen LogP contribution in [0.25, 0.3) is 0 Å². The van der Waals surface area contributed by atoms with Crippen LogP contribution in [0.1, 0.15) is 77.6 Å². The van der Waals surface area contributed by atoms with E-state index < -0.39 is 130 Å². The monoisotopic (exact) mass is 896 g/mol. The molecule has 64 heavy (non-hydrogen) atoms. The van der Waals surface area contributed by atoms with Crippen molar-refractivity contribution >= 4 is 53.2 Å². The van der Waals surface area contributed by atoms with Gasteiger partial charge in [-0.3, -0.25) is 43.2 Å². The van der Waals surface area contributed by atoms with E-state index in [2.05, 4.69) is 0 Å². The molecule has 0 radical (unpaired) electrons. The largest absolute Gasteiger partial charge is 0.481 e. The van der Waals surface area contributed by atoms with Gasteiger partial charge in [-0.2, -0.15) is 0 Å². The number of carboxylic acids is 2. The second-order valence-electron chi connectivity index (χ2n) is 15.6. The molecule has 2 aromatic rings. The van der Waals surface area contributed by atoms with E-state index in [0.29, 0.717) is 5.56 Å². The van der Waals surface area contributed by atoms with Crippen molar-refractivity contribution in [3.8, 4) is 0 Å². The van der Waals surface area contributed by atoms with Gasteiger partial charge in [0.05, 0.1) is 69.9 Å². The molecule has 2 rings (SSSR count). The van der Waals surface area contributed by atoms with Gasteiger partial charge in [0.2, 0.25) is 35.4 Å². The number of ketones is 1. The van der Waals surface area contributed by atoms with Gasteiger partial charge in [0.25, 0.3) is 0 Å². The summed E-state index contributed by atoms with van der Waals surface area (Å²) in [6.45, 7) is 5.09. The molecule has 0 aliphatic heterocycles. The van der Waals surface area contributed by atoms with E-state index in [4.69, 9.17) is 9.47 Å². The van der Waals surface area contributed by atoms with Crippen molar-refractivity contribution in [3.63, 3.8) is 0 Å². The molecule has 2 aromatic carbocycles. The molecule has 0 spiro atoms. The van der Waals surface area contributed by atoms with E-state index in [9.17, 15) is 53.4 Å². The van der Waals surface area contributed by atoms with Crippen LogP contribution in [0, 0.1) is 0 Å². The Kier molecular flexibility index (Phi) is 22.8. The Morgan fingerprint density at radius 3 is 1.20 bits per heavy atom. The van der Waals surface area contributed by atoms with E-state index >= 15 is 0 Å². The van der Waals surface area contributed by atoms with Crippen molar-refractivity contribution in [3.05, 3.63) is 71.8 Å². The molecule has 4 unspecified atom stereocenters. The summed E-state index contributed by atoms with van der Waals surface area (Å²) in [4.78, 5) is 126. The third kappa shape index (κ3) is 17.5. The van der Waals surface area contributed by atoms with Crippen molar-refractivity contribution in [2.75, 3.05) is 79.8 Å². The van der Waals surface area contributed by atoms with Gasteiger partial charge in [0.15, 0.2) is 0 Å². The first kappa shape index (κ1) is 53.9. The predicted molar refractivity (Wildman–Crippen MR) is 233 cm³/mol. The predicted octanol–water partition coefficient (Wildman–Crippen LogP) is 2.11. The van der Waals surface area contributed by atoms with Crippen LogP contribution in [0.3, 0.4) is 0 Å². The smallest absolute Gasteiger partial charge is 0.305 e. The lowest BCUT2D eigenvalue weighted by Gasteiger charge is -2.36. The zero-order chi connectivity index (χ0) is 48.1. The average molecular weight is 897 g/mol. The molecule has 19 heteroatoms. The van der Waals surface area contributed by atoms with Crippen molar-refractivity contribution in [2.45, 2.75) is 78.6 Å². The highest BCUT2D eigenvalue weighted by atomic mass is 16.5. The molecule has 0 saturated carbocycles. The number of carbonyl (C=O) groups excluding carboxylic acids is 7. The number of carboxylic acid groups (broad SMARTS) is 2. The molecule has 0 aliphatic rings. The molecule has 352 valence electrons. The van der Waals surface area contributed by atoms with Gasteiger partial charge in [0.1, 0.15) is 25.4 Å². The normalized spacial score (nSPS) is 12.8. The third-order valence-electron chi connectivity index (χ3n) is 10.6. The number of Topliss-reactive ketones (excluding diaryl/α,β-unsaturated/α-hetero) is 1. The van der Waals surface area contributed by atoms with Gasteiger partial charge in [-0.05, 0) is 45.7 Å². The van der Waals surface area contributed by atoms with Gasteiger partial charge < -0.3 is 49.1 Å². The molecule has 0 aliphatic carbocycles. The van der Waals surface area contributed by atoms with E-state index in [0.717, 1.165) is 20.3 Å². The molecule has 0 heterocycles. The van der Waals surface area contributed by atoms with E-state index in [1.54, 1.807) is 82.3 Å². The molecule has 0 fully saturated rings. The standard InChI is InChI=1S/C45H64N6O13/c1-31(29-63-7)48(36(6)53)26-39(54)47(22-20-45(61)62)25-42(57)51(35(5)38-17-13-10-14-18-38)27-40(55)46(21-19-44(59)60)24-41(56)49(32(2)30-64-8)28-43(58)50(23-33(3)52)34(4)37-15-11-9-12-16-37/h9-18,31-32,34-35H,19-30H2,1-8H3,(H,59,60)(H,61,62). The Labute approximate surface area is 374 Å². The first-order valence-electron chi connectivity index (χ1n) is 20.9. The molecule has 0 aromatic heterocycles. The van der Waals surface area contributed by atoms with Gasteiger partial charge in [0, 0.05) is 34.2 Å². The minimum absolute atomic E-state index is 0.0214. The van der Waals surface area contributed by atoms with Crippen LogP contribution in [0.5, 0.6) is 0 Å². The van der Waals surface area contributed by atoms with Crippen molar-refractivity contribution in [1.29, 1.82) is 0 Å². The Bertz CT molecular complexity index is 1900. The topological polar surface area (TPSA) is 232 Å². The molecular formula is C45H64N6O13. The Balaban J connectivity index is 2.55. The Morgan fingerprint density at radius 2 is 0.828 bits per heavy atom. The van der Waals surface area contributed by atoms with Gasteiger partial charge in [-0.1, -0.05) is 60.7 Å². The molecule has 0 bridgehead atoms. The summed E-state index contributed by atoms with van der Waals surface area (Å²) in [5.74, 6) is -6.96. The number of benzene rings is 2. The SMILES string of the molecule is COCC(C)N(CC(=O)N(CCC(=O)O)CC(=O)N(CC(=O)N(CCC(=O)O)CC(=O)N(CC(=O)N(CC(C)=O)C(C)c1ccccc1)C(C)COC)C(C)c1ccccc1)C(C)=O. The lowest BCUT2D eigenvalue weighted by Crippen LogP contribution is -2.54. The summed E-state index contributed by atoms with van der Waals surface area (Å²) in [5.41, 5.74) is 1.33. The number of ether oxygens (including phenoxy) is 2. The van der Waals surface area contributed by atoms with Crippen LogP contribution in [0.15, 0.2) is 60.7 Å². The molecule has 2 N–H and O–H groups in total. The zero-order valence-electron chi connectivity index (χ0n) is 38.1. The highest BCUT2D eigenvalue weighted by Crippen LogP contribution is 2.23. The van der Waals surface area contributed by atoms with Crippen LogP contribution >= 0.6 is 0 Å². The van der Waals surface area contributed by atoms with Crippen molar-refractivity contribution < 1.29 is 62.8 Å². The quantitative estimate of drug-likeness (QED) is 0.125. The van der Waals surface area contributed by atoms with Crippen LogP contribution in [0.4, 0.5) is 0 Å². The highest BCUT2D eigenvalue weighted by molar-refractivity contribution is 5.93. The summed E-state index contributed by atoms with van der Waals surface area (Å²) >= 11 is 0. The lowest BCUT2D eigenvalue weighted by molar-refractivity contribution is -0.151. The molecule has 19 nitrogen and oxygen atoms in total. The fourth-order valence-electron chi connectivity index (χ4n) is 6.96. The maximum Gasteiger partial charge on any atom is 0.305 e. The molecular weight excluding hydrogens is 833 g/mol. The number of amides is 6. The number of hydrogen-bond acceptors (Lipinski definition) is 11. The maximum atomic E-state index is 14.4. The number of carbonyl (C=O) groups is 9. The lowest BCUT2D eigenvalue weighted by atomic mass is 10.1. The number of rotatable bonds is 28. The number of methoxy groups -OCH3 is 2. The average Bonchev–Trinajstić information content (AvgIpc) is 3.25. The van der Waals surface area contributed by atoms with Crippen molar-refractivity contribution in [1.82, 2.24) is 29.4 Å². The van der Waals surface area contributed by atoms with Gasteiger partial charge >= 0.3 is 11.9 Å². The first-order valence-corrected chi connectivity index (χ1v) is 20.9. The van der Waals surface area contributed by atoms with Gasteiger partial charge in [-0.15, -0.1) is 0 Å². The fourth-order valence-corrected chi connectivity index (χ4v) is 6.96. The summed E-state index contributed by atoms with van der Waals surface area (Å²) in [7, 11) is 2.83. The minimum Gasteiger partial charge on any atom is -0.481 e. The van der Waals surface area contributed by atoms with Crippen LogP contribution in [-0.2, 0) is 52.6 Å².